The molecule has 19 heavy (non-hydrogen) atoms. The van der Waals surface area contributed by atoms with Crippen LogP contribution in [0.15, 0.2) is 0 Å². The lowest BCUT2D eigenvalue weighted by Gasteiger charge is -2.25. The Morgan fingerprint density at radius 2 is 2.00 bits per heavy atom. The van der Waals surface area contributed by atoms with Crippen LogP contribution < -0.4 is 5.32 Å². The van der Waals surface area contributed by atoms with Gasteiger partial charge in [-0.1, -0.05) is 27.2 Å². The molecule has 1 atom stereocenters. The summed E-state index contributed by atoms with van der Waals surface area (Å²) < 4.78 is 0. The highest BCUT2D eigenvalue weighted by molar-refractivity contribution is 5.82. The average molecular weight is 270 g/mol. The second-order valence-corrected chi connectivity index (χ2v) is 5.75. The second kappa shape index (κ2) is 7.36. The molecule has 110 valence electrons. The third kappa shape index (κ3) is 5.49. The van der Waals surface area contributed by atoms with Gasteiger partial charge in [0, 0.05) is 12.6 Å². The number of rotatable bonds is 8. The average Bonchev–Trinajstić information content (AvgIpc) is 3.12. The van der Waals surface area contributed by atoms with Crippen LogP contribution in [-0.4, -0.2) is 40.6 Å². The van der Waals surface area contributed by atoms with Gasteiger partial charge < -0.3 is 15.3 Å². The molecule has 0 bridgehead atoms. The number of carbonyl (C=O) groups excluding carboxylic acids is 1. The predicted octanol–water partition coefficient (Wildman–Crippen LogP) is 2.46. The topological polar surface area (TPSA) is 69.6 Å². The molecule has 1 aliphatic carbocycles. The number of carbonyl (C=O) groups is 2. The summed E-state index contributed by atoms with van der Waals surface area (Å²) in [6, 6.07) is -0.681. The normalized spacial score (nSPS) is 16.2. The highest BCUT2D eigenvalue weighted by atomic mass is 16.4. The number of carboxylic acids is 1. The van der Waals surface area contributed by atoms with E-state index in [2.05, 4.69) is 12.2 Å². The van der Waals surface area contributed by atoms with Crippen LogP contribution in [0.4, 0.5) is 4.79 Å². The number of aliphatic carboxylic acids is 1. The number of unbranched alkanes of at least 4 members (excludes halogenated alkanes) is 1. The first-order valence-corrected chi connectivity index (χ1v) is 7.25. The monoisotopic (exact) mass is 270 g/mol. The maximum absolute atomic E-state index is 12.2. The Morgan fingerprint density at radius 1 is 1.37 bits per heavy atom. The van der Waals surface area contributed by atoms with Crippen molar-refractivity contribution < 1.29 is 14.7 Å². The van der Waals surface area contributed by atoms with E-state index in [0.717, 1.165) is 32.2 Å². The summed E-state index contributed by atoms with van der Waals surface area (Å²) in [6.45, 7) is 6.72. The van der Waals surface area contributed by atoms with Gasteiger partial charge in [0.25, 0.3) is 0 Å². The molecule has 0 aromatic carbocycles. The van der Waals surface area contributed by atoms with Crippen LogP contribution in [0.3, 0.4) is 0 Å². The lowest BCUT2D eigenvalue weighted by Crippen LogP contribution is -2.49. The molecular weight excluding hydrogens is 244 g/mol. The molecule has 2 amide bonds. The van der Waals surface area contributed by atoms with E-state index in [9.17, 15) is 9.59 Å². The van der Waals surface area contributed by atoms with E-state index in [0.29, 0.717) is 12.5 Å². The second-order valence-electron chi connectivity index (χ2n) is 5.75. The highest BCUT2D eigenvalue weighted by Crippen LogP contribution is 2.27. The molecule has 2 N–H and O–H groups in total. The fraction of sp³-hybridized carbons (Fsp3) is 0.857. The van der Waals surface area contributed by atoms with Crippen molar-refractivity contribution in [2.75, 3.05) is 6.54 Å². The van der Waals surface area contributed by atoms with Crippen molar-refractivity contribution in [1.82, 2.24) is 10.2 Å². The Morgan fingerprint density at radius 3 is 2.42 bits per heavy atom. The highest BCUT2D eigenvalue weighted by Gasteiger charge is 2.33. The summed E-state index contributed by atoms with van der Waals surface area (Å²) in [5.41, 5.74) is 0. The fourth-order valence-electron chi connectivity index (χ4n) is 2.09. The smallest absolute Gasteiger partial charge is 0.326 e. The van der Waals surface area contributed by atoms with E-state index in [1.54, 1.807) is 4.90 Å². The van der Waals surface area contributed by atoms with Gasteiger partial charge in [-0.2, -0.15) is 0 Å². The van der Waals surface area contributed by atoms with Gasteiger partial charge in [0.1, 0.15) is 6.04 Å². The van der Waals surface area contributed by atoms with E-state index in [1.165, 1.54) is 0 Å². The Balaban J connectivity index is 2.54. The maximum Gasteiger partial charge on any atom is 0.326 e. The molecule has 5 nitrogen and oxygen atoms in total. The summed E-state index contributed by atoms with van der Waals surface area (Å²) in [5.74, 6) is -0.709. The summed E-state index contributed by atoms with van der Waals surface area (Å²) in [4.78, 5) is 25.1. The zero-order chi connectivity index (χ0) is 14.4. The summed E-state index contributed by atoms with van der Waals surface area (Å²) >= 11 is 0. The van der Waals surface area contributed by atoms with Crippen LogP contribution in [0, 0.1) is 5.92 Å². The van der Waals surface area contributed by atoms with Gasteiger partial charge in [0.05, 0.1) is 0 Å². The predicted molar refractivity (Wildman–Crippen MR) is 74.0 cm³/mol. The zero-order valence-corrected chi connectivity index (χ0v) is 12.2. The molecule has 1 saturated carbocycles. The molecule has 5 heteroatoms. The zero-order valence-electron chi connectivity index (χ0n) is 12.2. The number of hydrogen-bond acceptors (Lipinski definition) is 2. The molecule has 1 fully saturated rings. The van der Waals surface area contributed by atoms with Crippen LogP contribution in [-0.2, 0) is 4.79 Å². The molecule has 0 radical (unpaired) electrons. The molecule has 0 aliphatic heterocycles. The summed E-state index contributed by atoms with van der Waals surface area (Å²) in [5, 5.41) is 11.8. The van der Waals surface area contributed by atoms with Gasteiger partial charge in [-0.3, -0.25) is 0 Å². The summed E-state index contributed by atoms with van der Waals surface area (Å²) in [6.07, 6.45) is 4.54. The van der Waals surface area contributed by atoms with E-state index >= 15 is 0 Å². The molecule has 1 rings (SSSR count). The number of nitrogens with zero attached hydrogens (tertiary/aromatic N) is 1. The van der Waals surface area contributed by atoms with E-state index < -0.39 is 12.0 Å². The molecule has 0 aromatic heterocycles. The van der Waals surface area contributed by atoms with Gasteiger partial charge in [-0.05, 0) is 31.6 Å². The van der Waals surface area contributed by atoms with Crippen LogP contribution >= 0.6 is 0 Å². The third-order valence-corrected chi connectivity index (χ3v) is 3.30. The van der Waals surface area contributed by atoms with E-state index in [1.807, 2.05) is 13.8 Å². The molecule has 0 aromatic rings. The van der Waals surface area contributed by atoms with E-state index in [4.69, 9.17) is 5.11 Å². The molecule has 1 aliphatic rings. The first kappa shape index (κ1) is 15.8. The Bertz CT molecular complexity index is 314. The third-order valence-electron chi connectivity index (χ3n) is 3.30. The van der Waals surface area contributed by atoms with Gasteiger partial charge >= 0.3 is 12.0 Å². The maximum atomic E-state index is 12.2. The van der Waals surface area contributed by atoms with Crippen LogP contribution in [0.2, 0.25) is 0 Å². The minimum atomic E-state index is -0.951. The van der Waals surface area contributed by atoms with Crippen LogP contribution in [0.25, 0.3) is 0 Å². The Hall–Kier alpha value is -1.26. The fourth-order valence-corrected chi connectivity index (χ4v) is 2.09. The number of amides is 2. The van der Waals surface area contributed by atoms with Gasteiger partial charge in [-0.15, -0.1) is 0 Å². The number of nitrogens with one attached hydrogen (secondary N) is 1. The standard InChI is InChI=1S/C14H26N2O3/c1-4-5-8-16(11-6-7-11)14(19)15-12(13(17)18)9-10(2)3/h10-12H,4-9H2,1-3H3,(H,15,19)(H,17,18)/t12-/m1/s1. The molecule has 0 heterocycles. The minimum absolute atomic E-state index is 0.219. The van der Waals surface area contributed by atoms with E-state index in [-0.39, 0.29) is 11.9 Å². The quantitative estimate of drug-likeness (QED) is 0.712. The molecule has 0 unspecified atom stereocenters. The molecule has 0 saturated heterocycles. The minimum Gasteiger partial charge on any atom is -0.480 e. The van der Waals surface area contributed by atoms with Crippen molar-refractivity contribution >= 4 is 12.0 Å². The SMILES string of the molecule is CCCCN(C(=O)N[C@H](CC(C)C)C(=O)O)C1CC1. The molecule has 0 spiro atoms. The lowest BCUT2D eigenvalue weighted by molar-refractivity contribution is -0.139. The van der Waals surface area contributed by atoms with Crippen LogP contribution in [0.5, 0.6) is 0 Å². The van der Waals surface area contributed by atoms with Crippen molar-refractivity contribution in [3.8, 4) is 0 Å². The van der Waals surface area contributed by atoms with Gasteiger partial charge in [0.2, 0.25) is 0 Å². The first-order chi connectivity index (χ1) is 8.95. The first-order valence-electron chi connectivity index (χ1n) is 7.25. The molecular formula is C14H26N2O3. The van der Waals surface area contributed by atoms with Gasteiger partial charge in [-0.25, -0.2) is 9.59 Å². The van der Waals surface area contributed by atoms with Crippen molar-refractivity contribution in [2.24, 2.45) is 5.92 Å². The van der Waals surface area contributed by atoms with Crippen molar-refractivity contribution in [1.29, 1.82) is 0 Å². The summed E-state index contributed by atoms with van der Waals surface area (Å²) in [7, 11) is 0. The largest absolute Gasteiger partial charge is 0.480 e. The number of hydrogen-bond donors (Lipinski definition) is 2. The number of urea groups is 1. The van der Waals surface area contributed by atoms with Crippen molar-refractivity contribution in [2.45, 2.75) is 65.0 Å². The Labute approximate surface area is 115 Å². The lowest BCUT2D eigenvalue weighted by atomic mass is 10.0. The Kier molecular flexibility index (Phi) is 6.12. The number of carboxylic acid groups (broad SMARTS) is 1. The van der Waals surface area contributed by atoms with Crippen LogP contribution in [0.1, 0.15) is 52.9 Å². The van der Waals surface area contributed by atoms with Crippen molar-refractivity contribution in [3.63, 3.8) is 0 Å². The van der Waals surface area contributed by atoms with Gasteiger partial charge in [0.15, 0.2) is 0 Å². The van der Waals surface area contributed by atoms with Crippen molar-refractivity contribution in [3.05, 3.63) is 0 Å².